The van der Waals surface area contributed by atoms with Gasteiger partial charge in [0.05, 0.1) is 0 Å². The highest BCUT2D eigenvalue weighted by Crippen LogP contribution is 2.27. The number of nitrogens with two attached hydrogens (primary N) is 1. The van der Waals surface area contributed by atoms with E-state index in [-0.39, 0.29) is 12.0 Å². The molecule has 0 bridgehead atoms. The van der Waals surface area contributed by atoms with Crippen LogP contribution in [0, 0.1) is 0 Å². The van der Waals surface area contributed by atoms with E-state index in [0.29, 0.717) is 6.54 Å². The Morgan fingerprint density at radius 1 is 1.53 bits per heavy atom. The van der Waals surface area contributed by atoms with Gasteiger partial charge >= 0.3 is 6.18 Å². The van der Waals surface area contributed by atoms with Gasteiger partial charge in [-0.2, -0.15) is 13.2 Å². The predicted molar refractivity (Wildman–Crippen MR) is 49.2 cm³/mol. The lowest BCUT2D eigenvalue weighted by Crippen LogP contribution is -2.26. The van der Waals surface area contributed by atoms with E-state index in [1.54, 1.807) is 6.92 Å². The van der Waals surface area contributed by atoms with E-state index in [1.165, 1.54) is 0 Å². The van der Waals surface area contributed by atoms with Crippen LogP contribution in [-0.4, -0.2) is 22.6 Å². The molecular formula is C8H11F3N4. The second-order valence-corrected chi connectivity index (χ2v) is 3.04. The molecule has 7 heteroatoms. The van der Waals surface area contributed by atoms with Gasteiger partial charge in [0.15, 0.2) is 0 Å². The summed E-state index contributed by atoms with van der Waals surface area (Å²) in [6.07, 6.45) is -3.40. The van der Waals surface area contributed by atoms with Crippen LogP contribution in [0.5, 0.6) is 0 Å². The predicted octanol–water partition coefficient (Wildman–Crippen LogP) is 1.25. The van der Waals surface area contributed by atoms with Crippen molar-refractivity contribution in [2.75, 3.05) is 11.9 Å². The summed E-state index contributed by atoms with van der Waals surface area (Å²) in [6, 6.07) is 0.645. The van der Waals surface area contributed by atoms with Crippen molar-refractivity contribution in [1.29, 1.82) is 0 Å². The maximum atomic E-state index is 12.2. The molecular weight excluding hydrogens is 209 g/mol. The van der Waals surface area contributed by atoms with Crippen molar-refractivity contribution in [2.45, 2.75) is 19.1 Å². The number of nitrogens with one attached hydrogen (secondary N) is 1. The van der Waals surface area contributed by atoms with Gasteiger partial charge < -0.3 is 11.1 Å². The molecule has 0 aliphatic rings. The number of halogens is 3. The summed E-state index contributed by atoms with van der Waals surface area (Å²) < 4.78 is 36.7. The highest BCUT2D eigenvalue weighted by molar-refractivity contribution is 5.27. The van der Waals surface area contributed by atoms with Gasteiger partial charge in [-0.1, -0.05) is 0 Å². The van der Waals surface area contributed by atoms with Crippen LogP contribution in [0.15, 0.2) is 12.3 Å². The number of hydrogen-bond donors (Lipinski definition) is 2. The lowest BCUT2D eigenvalue weighted by atomic mass is 10.3. The molecule has 1 heterocycles. The van der Waals surface area contributed by atoms with E-state index in [4.69, 9.17) is 5.73 Å². The first kappa shape index (κ1) is 11.7. The van der Waals surface area contributed by atoms with Gasteiger partial charge in [0.2, 0.25) is 5.95 Å². The second kappa shape index (κ2) is 4.43. The van der Waals surface area contributed by atoms with Gasteiger partial charge in [-0.05, 0) is 13.0 Å². The van der Waals surface area contributed by atoms with Crippen molar-refractivity contribution >= 4 is 5.95 Å². The molecule has 0 spiro atoms. The van der Waals surface area contributed by atoms with Crippen molar-refractivity contribution < 1.29 is 13.2 Å². The summed E-state index contributed by atoms with van der Waals surface area (Å²) in [6.45, 7) is 2.02. The van der Waals surface area contributed by atoms with Gasteiger partial charge in [-0.3, -0.25) is 0 Å². The van der Waals surface area contributed by atoms with Gasteiger partial charge in [0.1, 0.15) is 5.69 Å². The van der Waals surface area contributed by atoms with Gasteiger partial charge in [-0.15, -0.1) is 0 Å². The van der Waals surface area contributed by atoms with Crippen LogP contribution in [0.25, 0.3) is 0 Å². The molecule has 1 rings (SSSR count). The standard InChI is InChI=1S/C8H11F3N4/c1-5(4-12)14-7-13-3-2-6(15-7)8(9,10)11/h2-3,5H,4,12H2,1H3,(H,13,14,15). The van der Waals surface area contributed by atoms with Gasteiger partial charge in [0.25, 0.3) is 0 Å². The van der Waals surface area contributed by atoms with E-state index < -0.39 is 11.9 Å². The monoisotopic (exact) mass is 220 g/mol. The number of aromatic nitrogens is 2. The quantitative estimate of drug-likeness (QED) is 0.804. The first-order valence-corrected chi connectivity index (χ1v) is 4.30. The van der Waals surface area contributed by atoms with Crippen molar-refractivity contribution in [1.82, 2.24) is 9.97 Å². The zero-order valence-electron chi connectivity index (χ0n) is 8.04. The molecule has 15 heavy (non-hydrogen) atoms. The van der Waals surface area contributed by atoms with Crippen LogP contribution >= 0.6 is 0 Å². The molecule has 1 atom stereocenters. The van der Waals surface area contributed by atoms with Crippen molar-refractivity contribution in [2.24, 2.45) is 5.73 Å². The Morgan fingerprint density at radius 2 is 2.20 bits per heavy atom. The summed E-state index contributed by atoms with van der Waals surface area (Å²) >= 11 is 0. The van der Waals surface area contributed by atoms with Crippen molar-refractivity contribution in [3.05, 3.63) is 18.0 Å². The van der Waals surface area contributed by atoms with E-state index >= 15 is 0 Å². The molecule has 0 aliphatic heterocycles. The van der Waals surface area contributed by atoms with Crippen molar-refractivity contribution in [3.8, 4) is 0 Å². The fourth-order valence-corrected chi connectivity index (χ4v) is 0.865. The molecule has 0 radical (unpaired) electrons. The van der Waals surface area contributed by atoms with Gasteiger partial charge in [0, 0.05) is 18.8 Å². The Kier molecular flexibility index (Phi) is 3.46. The maximum Gasteiger partial charge on any atom is 0.433 e. The third-order valence-electron chi connectivity index (χ3n) is 1.68. The average Bonchev–Trinajstić information content (AvgIpc) is 2.17. The highest BCUT2D eigenvalue weighted by atomic mass is 19.4. The van der Waals surface area contributed by atoms with Crippen LogP contribution in [0.4, 0.5) is 19.1 Å². The van der Waals surface area contributed by atoms with Crippen molar-refractivity contribution in [3.63, 3.8) is 0 Å². The number of nitrogens with zero attached hydrogens (tertiary/aromatic N) is 2. The number of anilines is 1. The summed E-state index contributed by atoms with van der Waals surface area (Å²) in [5.41, 5.74) is 4.34. The zero-order chi connectivity index (χ0) is 11.5. The summed E-state index contributed by atoms with van der Waals surface area (Å²) in [4.78, 5) is 6.99. The average molecular weight is 220 g/mol. The largest absolute Gasteiger partial charge is 0.433 e. The SMILES string of the molecule is CC(CN)Nc1nccc(C(F)(F)F)n1. The van der Waals surface area contributed by atoms with E-state index in [9.17, 15) is 13.2 Å². The molecule has 0 saturated heterocycles. The smallest absolute Gasteiger partial charge is 0.350 e. The van der Waals surface area contributed by atoms with E-state index in [1.807, 2.05) is 0 Å². The lowest BCUT2D eigenvalue weighted by Gasteiger charge is -2.12. The molecule has 0 saturated carbocycles. The molecule has 84 valence electrons. The maximum absolute atomic E-state index is 12.2. The molecule has 1 aromatic heterocycles. The number of rotatable bonds is 3. The third-order valence-corrected chi connectivity index (χ3v) is 1.68. The minimum absolute atomic E-state index is 0.0669. The number of alkyl halides is 3. The molecule has 0 aliphatic carbocycles. The minimum Gasteiger partial charge on any atom is -0.350 e. The van der Waals surface area contributed by atoms with E-state index in [2.05, 4.69) is 15.3 Å². The minimum atomic E-state index is -4.45. The molecule has 4 nitrogen and oxygen atoms in total. The molecule has 3 N–H and O–H groups in total. The molecule has 1 aromatic rings. The van der Waals surface area contributed by atoms with Crippen LogP contribution in [0.1, 0.15) is 12.6 Å². The molecule has 0 aromatic carbocycles. The second-order valence-electron chi connectivity index (χ2n) is 3.04. The Labute approximate surface area is 84.7 Å². The highest BCUT2D eigenvalue weighted by Gasteiger charge is 2.32. The van der Waals surface area contributed by atoms with E-state index in [0.717, 1.165) is 12.3 Å². The Hall–Kier alpha value is -1.37. The summed E-state index contributed by atoms with van der Waals surface area (Å²) in [5.74, 6) is -0.0669. The summed E-state index contributed by atoms with van der Waals surface area (Å²) in [7, 11) is 0. The van der Waals surface area contributed by atoms with Crippen LogP contribution in [0.3, 0.4) is 0 Å². The first-order chi connectivity index (χ1) is 6.93. The molecule has 1 unspecified atom stereocenters. The topological polar surface area (TPSA) is 63.8 Å². The Bertz CT molecular complexity index is 326. The zero-order valence-corrected chi connectivity index (χ0v) is 8.04. The Balaban J connectivity index is 2.84. The summed E-state index contributed by atoms with van der Waals surface area (Å²) in [5, 5.41) is 2.66. The van der Waals surface area contributed by atoms with Gasteiger partial charge in [-0.25, -0.2) is 9.97 Å². The normalized spacial score (nSPS) is 13.7. The molecule has 0 fully saturated rings. The van der Waals surface area contributed by atoms with Crippen LogP contribution in [-0.2, 0) is 6.18 Å². The Morgan fingerprint density at radius 3 is 2.73 bits per heavy atom. The van der Waals surface area contributed by atoms with Crippen LogP contribution in [0.2, 0.25) is 0 Å². The fraction of sp³-hybridized carbons (Fsp3) is 0.500. The number of hydrogen-bond acceptors (Lipinski definition) is 4. The first-order valence-electron chi connectivity index (χ1n) is 4.30. The third kappa shape index (κ3) is 3.35. The fourth-order valence-electron chi connectivity index (χ4n) is 0.865. The van der Waals surface area contributed by atoms with Crippen LogP contribution < -0.4 is 11.1 Å². The molecule has 0 amide bonds. The lowest BCUT2D eigenvalue weighted by molar-refractivity contribution is -0.141.